The molecule has 0 bridgehead atoms. The van der Waals surface area contributed by atoms with Crippen LogP contribution in [0.25, 0.3) is 11.4 Å². The lowest BCUT2D eigenvalue weighted by molar-refractivity contribution is -0.134. The third-order valence-electron chi connectivity index (χ3n) is 3.27. The largest absolute Gasteiger partial charge is 0.506 e. The van der Waals surface area contributed by atoms with Crippen molar-refractivity contribution in [1.82, 2.24) is 15.0 Å². The third kappa shape index (κ3) is 4.37. The Morgan fingerprint density at radius 3 is 2.69 bits per heavy atom. The number of phenolic OH excluding ortho intramolecular Hbond substituents is 1. The first-order valence-corrected chi connectivity index (χ1v) is 7.91. The van der Waals surface area contributed by atoms with Crippen LogP contribution in [-0.4, -0.2) is 37.7 Å². The lowest BCUT2D eigenvalue weighted by atomic mass is 10.2. The maximum Gasteiger partial charge on any atom is 0.322 e. The van der Waals surface area contributed by atoms with Crippen LogP contribution in [-0.2, 0) is 4.79 Å². The molecule has 2 heterocycles. The van der Waals surface area contributed by atoms with Gasteiger partial charge in [-0.25, -0.2) is 4.98 Å². The van der Waals surface area contributed by atoms with Crippen molar-refractivity contribution in [2.45, 2.75) is 0 Å². The number of carbonyl (C=O) groups is 1. The predicted octanol–water partition coefficient (Wildman–Crippen LogP) is 3.14. The van der Waals surface area contributed by atoms with Crippen molar-refractivity contribution in [3.63, 3.8) is 0 Å². The zero-order chi connectivity index (χ0) is 18.5. The maximum absolute atomic E-state index is 10.8. The standard InChI is InChI=1S/C17H14ClN5O3/c18-10-4-5-14(24)13(7-10)21-15-8-12(11-3-1-2-6-19-11)22-17(23-15)20-9-16(25)26/h1-8,24H,9H2,(H,25,26)(H2,20,21,22,23). The summed E-state index contributed by atoms with van der Waals surface area (Å²) in [6, 6.07) is 11.5. The highest BCUT2D eigenvalue weighted by Crippen LogP contribution is 2.30. The van der Waals surface area contributed by atoms with Gasteiger partial charge in [-0.05, 0) is 30.3 Å². The molecule has 0 amide bonds. The number of anilines is 3. The molecule has 3 rings (SSSR count). The molecular weight excluding hydrogens is 358 g/mol. The predicted molar refractivity (Wildman–Crippen MR) is 97.8 cm³/mol. The number of hydrogen-bond acceptors (Lipinski definition) is 7. The van der Waals surface area contributed by atoms with Gasteiger partial charge in [0.05, 0.1) is 17.1 Å². The smallest absolute Gasteiger partial charge is 0.322 e. The van der Waals surface area contributed by atoms with E-state index in [-0.39, 0.29) is 18.2 Å². The molecule has 0 aliphatic rings. The molecule has 0 radical (unpaired) electrons. The zero-order valence-electron chi connectivity index (χ0n) is 13.3. The summed E-state index contributed by atoms with van der Waals surface area (Å²) in [7, 11) is 0. The molecule has 0 fully saturated rings. The van der Waals surface area contributed by atoms with Crippen molar-refractivity contribution in [2.24, 2.45) is 0 Å². The Kier molecular flexibility index (Phi) is 5.14. The SMILES string of the molecule is O=C(O)CNc1nc(Nc2cc(Cl)ccc2O)cc(-c2ccccn2)n1. The number of hydrogen-bond donors (Lipinski definition) is 4. The fourth-order valence-corrected chi connectivity index (χ4v) is 2.31. The highest BCUT2D eigenvalue weighted by atomic mass is 35.5. The Morgan fingerprint density at radius 1 is 1.12 bits per heavy atom. The minimum Gasteiger partial charge on any atom is -0.506 e. The highest BCUT2D eigenvalue weighted by molar-refractivity contribution is 6.31. The number of benzene rings is 1. The number of aliphatic carboxylic acids is 1. The van der Waals surface area contributed by atoms with Crippen molar-refractivity contribution < 1.29 is 15.0 Å². The van der Waals surface area contributed by atoms with E-state index in [1.54, 1.807) is 36.5 Å². The average molecular weight is 372 g/mol. The summed E-state index contributed by atoms with van der Waals surface area (Å²) in [5, 5.41) is 24.8. The Bertz CT molecular complexity index is 937. The first-order valence-electron chi connectivity index (χ1n) is 7.53. The number of nitrogens with one attached hydrogen (secondary N) is 2. The van der Waals surface area contributed by atoms with Gasteiger partial charge in [-0.2, -0.15) is 4.98 Å². The van der Waals surface area contributed by atoms with Gasteiger partial charge in [0.25, 0.3) is 0 Å². The molecule has 0 aliphatic carbocycles. The summed E-state index contributed by atoms with van der Waals surface area (Å²) < 4.78 is 0. The lowest BCUT2D eigenvalue weighted by Gasteiger charge is -2.11. The van der Waals surface area contributed by atoms with Crippen LogP contribution in [0.3, 0.4) is 0 Å². The molecule has 2 aromatic heterocycles. The molecule has 0 spiro atoms. The fraction of sp³-hybridized carbons (Fsp3) is 0.0588. The molecule has 0 atom stereocenters. The monoisotopic (exact) mass is 371 g/mol. The summed E-state index contributed by atoms with van der Waals surface area (Å²) in [6.07, 6.45) is 1.62. The first-order chi connectivity index (χ1) is 12.5. The second kappa shape index (κ2) is 7.66. The van der Waals surface area contributed by atoms with Crippen LogP contribution in [0.2, 0.25) is 5.02 Å². The molecule has 0 aliphatic heterocycles. The Hall–Kier alpha value is -3.39. The van der Waals surface area contributed by atoms with Gasteiger partial charge >= 0.3 is 5.97 Å². The van der Waals surface area contributed by atoms with E-state index in [0.717, 1.165) is 0 Å². The molecule has 26 heavy (non-hydrogen) atoms. The van der Waals surface area contributed by atoms with Gasteiger partial charge in [0.15, 0.2) is 0 Å². The Balaban J connectivity index is 1.98. The summed E-state index contributed by atoms with van der Waals surface area (Å²) in [5.74, 6) is -0.600. The van der Waals surface area contributed by atoms with Crippen LogP contribution in [0, 0.1) is 0 Å². The number of phenols is 1. The van der Waals surface area contributed by atoms with Gasteiger partial charge in [0.1, 0.15) is 18.1 Å². The van der Waals surface area contributed by atoms with E-state index >= 15 is 0 Å². The molecule has 9 heteroatoms. The third-order valence-corrected chi connectivity index (χ3v) is 3.51. The summed E-state index contributed by atoms with van der Waals surface area (Å²) in [6.45, 7) is -0.340. The summed E-state index contributed by atoms with van der Waals surface area (Å²) in [4.78, 5) is 23.5. The number of carboxylic acid groups (broad SMARTS) is 1. The van der Waals surface area contributed by atoms with Crippen molar-refractivity contribution >= 4 is 35.0 Å². The average Bonchev–Trinajstić information content (AvgIpc) is 2.63. The molecule has 3 aromatic rings. The topological polar surface area (TPSA) is 120 Å². The van der Waals surface area contributed by atoms with Crippen LogP contribution in [0.15, 0.2) is 48.7 Å². The zero-order valence-corrected chi connectivity index (χ0v) is 14.1. The number of aromatic hydroxyl groups is 1. The minimum absolute atomic E-state index is 0.00700. The van der Waals surface area contributed by atoms with E-state index in [1.165, 1.54) is 6.07 Å². The van der Waals surface area contributed by atoms with E-state index < -0.39 is 5.97 Å². The molecule has 0 saturated carbocycles. The van der Waals surface area contributed by atoms with Crippen molar-refractivity contribution in [1.29, 1.82) is 0 Å². The van der Waals surface area contributed by atoms with Gasteiger partial charge in [-0.3, -0.25) is 9.78 Å². The first kappa shape index (κ1) is 17.4. The lowest BCUT2D eigenvalue weighted by Crippen LogP contribution is -2.15. The molecule has 1 aromatic carbocycles. The number of pyridine rings is 1. The molecule has 132 valence electrons. The fourth-order valence-electron chi connectivity index (χ4n) is 2.14. The number of aromatic nitrogens is 3. The van der Waals surface area contributed by atoms with E-state index in [1.807, 2.05) is 6.07 Å². The van der Waals surface area contributed by atoms with Gasteiger partial charge in [0.2, 0.25) is 5.95 Å². The van der Waals surface area contributed by atoms with Crippen LogP contribution >= 0.6 is 11.6 Å². The van der Waals surface area contributed by atoms with E-state index in [4.69, 9.17) is 16.7 Å². The number of halogens is 1. The maximum atomic E-state index is 10.8. The number of nitrogens with zero attached hydrogens (tertiary/aromatic N) is 3. The Morgan fingerprint density at radius 2 is 1.96 bits per heavy atom. The van der Waals surface area contributed by atoms with Crippen LogP contribution in [0.4, 0.5) is 17.5 Å². The molecule has 8 nitrogen and oxygen atoms in total. The second-order valence-electron chi connectivity index (χ2n) is 5.21. The van der Waals surface area contributed by atoms with E-state index in [9.17, 15) is 9.90 Å². The normalized spacial score (nSPS) is 10.3. The molecule has 0 unspecified atom stereocenters. The Labute approximate surface area is 153 Å². The molecule has 4 N–H and O–H groups in total. The second-order valence-corrected chi connectivity index (χ2v) is 5.65. The van der Waals surface area contributed by atoms with Crippen molar-refractivity contribution in [3.05, 3.63) is 53.7 Å². The number of rotatable bonds is 6. The summed E-state index contributed by atoms with van der Waals surface area (Å²) in [5.41, 5.74) is 1.43. The van der Waals surface area contributed by atoms with E-state index in [2.05, 4.69) is 25.6 Å². The highest BCUT2D eigenvalue weighted by Gasteiger charge is 2.10. The van der Waals surface area contributed by atoms with Crippen molar-refractivity contribution in [2.75, 3.05) is 17.2 Å². The van der Waals surface area contributed by atoms with Gasteiger partial charge in [0, 0.05) is 17.3 Å². The molecule has 0 saturated heterocycles. The van der Waals surface area contributed by atoms with Gasteiger partial charge in [-0.1, -0.05) is 17.7 Å². The summed E-state index contributed by atoms with van der Waals surface area (Å²) >= 11 is 5.95. The van der Waals surface area contributed by atoms with Crippen LogP contribution < -0.4 is 10.6 Å². The van der Waals surface area contributed by atoms with Gasteiger partial charge < -0.3 is 20.8 Å². The van der Waals surface area contributed by atoms with E-state index in [0.29, 0.717) is 27.9 Å². The van der Waals surface area contributed by atoms with Gasteiger partial charge in [-0.15, -0.1) is 0 Å². The minimum atomic E-state index is -1.04. The number of carboxylic acids is 1. The van der Waals surface area contributed by atoms with Crippen LogP contribution in [0.5, 0.6) is 5.75 Å². The quantitative estimate of drug-likeness (QED) is 0.488. The van der Waals surface area contributed by atoms with Crippen molar-refractivity contribution in [3.8, 4) is 17.1 Å². The van der Waals surface area contributed by atoms with Crippen LogP contribution in [0.1, 0.15) is 0 Å². The molecular formula is C17H14ClN5O3.